The van der Waals surface area contributed by atoms with Gasteiger partial charge in [0, 0.05) is 6.08 Å². The van der Waals surface area contributed by atoms with Gasteiger partial charge < -0.3 is 4.74 Å². The average molecular weight is 212 g/mol. The molecular weight excluding hydrogens is 188 g/mol. The van der Waals surface area contributed by atoms with Crippen LogP contribution >= 0.6 is 0 Å². The summed E-state index contributed by atoms with van der Waals surface area (Å²) in [4.78, 5) is 11.3. The highest BCUT2D eigenvalue weighted by Crippen LogP contribution is 2.34. The highest BCUT2D eigenvalue weighted by Gasteiger charge is 2.36. The number of ether oxygens (including phenoxy) is 1. The standard InChI is InChI=1S/C13H24O2/c1-6-11(7-2)13(9-4,10-5)15-12(14)8-3/h8,11H,3,6-7,9-10H2,1-2,4-5H3. The van der Waals surface area contributed by atoms with Crippen LogP contribution in [0.1, 0.15) is 53.4 Å². The minimum absolute atomic E-state index is 0.297. The topological polar surface area (TPSA) is 26.3 Å². The van der Waals surface area contributed by atoms with E-state index in [1.807, 2.05) is 0 Å². The van der Waals surface area contributed by atoms with Crippen molar-refractivity contribution < 1.29 is 9.53 Å². The van der Waals surface area contributed by atoms with Crippen molar-refractivity contribution in [1.82, 2.24) is 0 Å². The van der Waals surface area contributed by atoms with Crippen molar-refractivity contribution in [1.29, 1.82) is 0 Å². The van der Waals surface area contributed by atoms with Crippen LogP contribution in [0.2, 0.25) is 0 Å². The van der Waals surface area contributed by atoms with Crippen molar-refractivity contribution in [2.45, 2.75) is 59.0 Å². The lowest BCUT2D eigenvalue weighted by Gasteiger charge is -2.38. The zero-order chi connectivity index (χ0) is 11.9. The second kappa shape index (κ2) is 6.65. The molecule has 0 aromatic heterocycles. The maximum absolute atomic E-state index is 11.3. The number of carbonyl (C=O) groups is 1. The number of hydrogen-bond donors (Lipinski definition) is 0. The Kier molecular flexibility index (Phi) is 6.30. The summed E-state index contributed by atoms with van der Waals surface area (Å²) in [5.74, 6) is 0.141. The molecule has 0 aromatic carbocycles. The van der Waals surface area contributed by atoms with Gasteiger partial charge in [0.15, 0.2) is 0 Å². The molecule has 2 heteroatoms. The Bertz CT molecular complexity index is 201. The van der Waals surface area contributed by atoms with Crippen LogP contribution in [-0.2, 0) is 9.53 Å². The molecule has 0 spiro atoms. The lowest BCUT2D eigenvalue weighted by atomic mass is 9.79. The van der Waals surface area contributed by atoms with E-state index in [1.54, 1.807) is 0 Å². The van der Waals surface area contributed by atoms with Crippen molar-refractivity contribution in [3.63, 3.8) is 0 Å². The molecule has 15 heavy (non-hydrogen) atoms. The highest BCUT2D eigenvalue weighted by atomic mass is 16.6. The molecule has 0 unspecified atom stereocenters. The van der Waals surface area contributed by atoms with Gasteiger partial charge in [-0.1, -0.05) is 34.3 Å². The van der Waals surface area contributed by atoms with E-state index in [1.165, 1.54) is 6.08 Å². The van der Waals surface area contributed by atoms with E-state index in [9.17, 15) is 4.79 Å². The third-order valence-corrected chi connectivity index (χ3v) is 3.40. The molecule has 0 N–H and O–H groups in total. The van der Waals surface area contributed by atoms with E-state index >= 15 is 0 Å². The van der Waals surface area contributed by atoms with Crippen LogP contribution in [0.5, 0.6) is 0 Å². The lowest BCUT2D eigenvalue weighted by Crippen LogP contribution is -2.41. The Hall–Kier alpha value is -0.790. The molecule has 0 rings (SSSR count). The van der Waals surface area contributed by atoms with Gasteiger partial charge in [-0.2, -0.15) is 0 Å². The van der Waals surface area contributed by atoms with E-state index in [-0.39, 0.29) is 11.6 Å². The molecule has 0 fully saturated rings. The van der Waals surface area contributed by atoms with Crippen LogP contribution in [-0.4, -0.2) is 11.6 Å². The first kappa shape index (κ1) is 14.2. The maximum atomic E-state index is 11.3. The first-order valence-electron chi connectivity index (χ1n) is 5.95. The molecule has 0 heterocycles. The summed E-state index contributed by atoms with van der Waals surface area (Å²) in [5, 5.41) is 0. The van der Waals surface area contributed by atoms with E-state index in [4.69, 9.17) is 4.74 Å². The smallest absolute Gasteiger partial charge is 0.330 e. The number of rotatable bonds is 7. The van der Waals surface area contributed by atoms with Crippen LogP contribution in [0.4, 0.5) is 0 Å². The van der Waals surface area contributed by atoms with Crippen molar-refractivity contribution in [2.75, 3.05) is 0 Å². The maximum Gasteiger partial charge on any atom is 0.330 e. The highest BCUT2D eigenvalue weighted by molar-refractivity contribution is 5.81. The van der Waals surface area contributed by atoms with E-state index in [2.05, 4.69) is 34.3 Å². The van der Waals surface area contributed by atoms with Gasteiger partial charge in [-0.25, -0.2) is 4.79 Å². The summed E-state index contributed by atoms with van der Waals surface area (Å²) in [6.07, 6.45) is 5.08. The Labute approximate surface area is 93.7 Å². The Balaban J connectivity index is 4.84. The summed E-state index contributed by atoms with van der Waals surface area (Å²) in [6, 6.07) is 0. The quantitative estimate of drug-likeness (QED) is 0.475. The van der Waals surface area contributed by atoms with E-state index in [0.29, 0.717) is 5.92 Å². The predicted octanol–water partition coefficient (Wildman–Crippen LogP) is 3.71. The summed E-state index contributed by atoms with van der Waals surface area (Å²) < 4.78 is 5.57. The van der Waals surface area contributed by atoms with Crippen molar-refractivity contribution in [2.24, 2.45) is 5.92 Å². The third kappa shape index (κ3) is 3.37. The molecule has 0 aliphatic carbocycles. The second-order valence-electron chi connectivity index (χ2n) is 3.91. The first-order valence-corrected chi connectivity index (χ1v) is 5.95. The number of esters is 1. The molecule has 0 aliphatic rings. The molecule has 0 amide bonds. The Morgan fingerprint density at radius 1 is 1.27 bits per heavy atom. The molecule has 0 aromatic rings. The van der Waals surface area contributed by atoms with E-state index in [0.717, 1.165) is 25.7 Å². The molecule has 0 radical (unpaired) electrons. The van der Waals surface area contributed by atoms with Gasteiger partial charge in [0.1, 0.15) is 5.60 Å². The van der Waals surface area contributed by atoms with Crippen LogP contribution in [0.3, 0.4) is 0 Å². The molecule has 0 saturated heterocycles. The number of hydrogen-bond acceptors (Lipinski definition) is 2. The van der Waals surface area contributed by atoms with Gasteiger partial charge in [-0.05, 0) is 31.6 Å². The molecule has 0 aliphatic heterocycles. The second-order valence-corrected chi connectivity index (χ2v) is 3.91. The average Bonchev–Trinajstić information content (AvgIpc) is 2.28. The van der Waals surface area contributed by atoms with Gasteiger partial charge in [-0.3, -0.25) is 0 Å². The normalized spacial score (nSPS) is 11.5. The molecule has 0 atom stereocenters. The zero-order valence-electron chi connectivity index (χ0n) is 10.5. The minimum atomic E-state index is -0.300. The van der Waals surface area contributed by atoms with Crippen LogP contribution in [0.25, 0.3) is 0 Å². The molecular formula is C13H24O2. The SMILES string of the molecule is C=CC(=O)OC(CC)(CC)C(CC)CC. The number of carbonyl (C=O) groups excluding carboxylic acids is 1. The fourth-order valence-electron chi connectivity index (χ4n) is 2.33. The summed E-state index contributed by atoms with van der Waals surface area (Å²) in [5.41, 5.74) is -0.297. The van der Waals surface area contributed by atoms with Gasteiger partial charge >= 0.3 is 5.97 Å². The van der Waals surface area contributed by atoms with Gasteiger partial charge in [0.2, 0.25) is 0 Å². The largest absolute Gasteiger partial charge is 0.456 e. The van der Waals surface area contributed by atoms with Crippen LogP contribution in [0, 0.1) is 5.92 Å². The molecule has 0 bridgehead atoms. The van der Waals surface area contributed by atoms with Gasteiger partial charge in [0.05, 0.1) is 0 Å². The third-order valence-electron chi connectivity index (χ3n) is 3.40. The van der Waals surface area contributed by atoms with Crippen molar-refractivity contribution in [3.8, 4) is 0 Å². The van der Waals surface area contributed by atoms with E-state index < -0.39 is 0 Å². The summed E-state index contributed by atoms with van der Waals surface area (Å²) in [6.45, 7) is 11.9. The van der Waals surface area contributed by atoms with Crippen LogP contribution in [0.15, 0.2) is 12.7 Å². The lowest BCUT2D eigenvalue weighted by molar-refractivity contribution is -0.162. The zero-order valence-corrected chi connectivity index (χ0v) is 10.5. The molecule has 0 saturated carbocycles. The van der Waals surface area contributed by atoms with Gasteiger partial charge in [-0.15, -0.1) is 0 Å². The van der Waals surface area contributed by atoms with Gasteiger partial charge in [0.25, 0.3) is 0 Å². The molecule has 2 nitrogen and oxygen atoms in total. The summed E-state index contributed by atoms with van der Waals surface area (Å²) in [7, 11) is 0. The Morgan fingerprint density at radius 3 is 2.00 bits per heavy atom. The molecule has 88 valence electrons. The Morgan fingerprint density at radius 2 is 1.73 bits per heavy atom. The van der Waals surface area contributed by atoms with Crippen molar-refractivity contribution in [3.05, 3.63) is 12.7 Å². The monoisotopic (exact) mass is 212 g/mol. The summed E-state index contributed by atoms with van der Waals surface area (Å²) >= 11 is 0. The van der Waals surface area contributed by atoms with Crippen molar-refractivity contribution >= 4 is 5.97 Å². The fraction of sp³-hybridized carbons (Fsp3) is 0.769. The first-order chi connectivity index (χ1) is 7.10. The van der Waals surface area contributed by atoms with Crippen LogP contribution < -0.4 is 0 Å². The fourth-order valence-corrected chi connectivity index (χ4v) is 2.33. The predicted molar refractivity (Wildman–Crippen MR) is 63.7 cm³/mol. The minimum Gasteiger partial charge on any atom is -0.456 e.